The Morgan fingerprint density at radius 1 is 1.35 bits per heavy atom. The molecule has 2 nitrogen and oxygen atoms in total. The molecule has 1 amide bonds. The van der Waals surface area contributed by atoms with Gasteiger partial charge in [0.25, 0.3) is 5.91 Å². The summed E-state index contributed by atoms with van der Waals surface area (Å²) in [5, 5.41) is 2.73. The standard InChI is InChI=1S/C12H14BrFINO/c13-9-5-4-6-10(14)11(9)12(17)16-8-3-1-2-7-15/h4-6H,1-3,7-8H2,(H,16,17). The van der Waals surface area contributed by atoms with Crippen LogP contribution in [-0.2, 0) is 0 Å². The van der Waals surface area contributed by atoms with Gasteiger partial charge in [0.05, 0.1) is 5.56 Å². The summed E-state index contributed by atoms with van der Waals surface area (Å²) in [6.45, 7) is 0.593. The molecule has 0 radical (unpaired) electrons. The Bertz CT molecular complexity index is 367. The third-order valence-electron chi connectivity index (χ3n) is 2.29. The smallest absolute Gasteiger partial charge is 0.255 e. The van der Waals surface area contributed by atoms with Gasteiger partial charge in [-0.2, -0.15) is 0 Å². The maximum absolute atomic E-state index is 13.4. The normalized spacial score (nSPS) is 10.3. The van der Waals surface area contributed by atoms with Gasteiger partial charge in [-0.3, -0.25) is 4.79 Å². The Kier molecular flexibility index (Phi) is 7.03. The lowest BCUT2D eigenvalue weighted by atomic mass is 10.2. The summed E-state index contributed by atoms with van der Waals surface area (Å²) in [6, 6.07) is 4.51. The lowest BCUT2D eigenvalue weighted by molar-refractivity contribution is 0.0948. The lowest BCUT2D eigenvalue weighted by Crippen LogP contribution is -2.25. The van der Waals surface area contributed by atoms with E-state index >= 15 is 0 Å². The molecule has 0 saturated carbocycles. The SMILES string of the molecule is O=C(NCCCCCI)c1c(F)cccc1Br. The molecule has 17 heavy (non-hydrogen) atoms. The van der Waals surface area contributed by atoms with Crippen molar-refractivity contribution in [3.05, 3.63) is 34.1 Å². The van der Waals surface area contributed by atoms with Crippen molar-refractivity contribution in [2.75, 3.05) is 11.0 Å². The molecule has 1 aromatic rings. The van der Waals surface area contributed by atoms with E-state index < -0.39 is 5.82 Å². The highest BCUT2D eigenvalue weighted by atomic mass is 127. The van der Waals surface area contributed by atoms with E-state index in [2.05, 4.69) is 43.8 Å². The number of carbonyl (C=O) groups is 1. The number of unbranched alkanes of at least 4 members (excludes halogenated alkanes) is 2. The van der Waals surface area contributed by atoms with Crippen LogP contribution in [0, 0.1) is 5.82 Å². The van der Waals surface area contributed by atoms with Gasteiger partial charge in [-0.25, -0.2) is 4.39 Å². The summed E-state index contributed by atoms with van der Waals surface area (Å²) in [6.07, 6.45) is 3.17. The minimum atomic E-state index is -0.496. The fourth-order valence-corrected chi connectivity index (χ4v) is 2.46. The molecule has 1 rings (SSSR count). The maximum atomic E-state index is 13.4. The highest BCUT2D eigenvalue weighted by Gasteiger charge is 2.14. The number of alkyl halides is 1. The van der Waals surface area contributed by atoms with Crippen LogP contribution in [0.5, 0.6) is 0 Å². The average molecular weight is 414 g/mol. The van der Waals surface area contributed by atoms with Gasteiger partial charge >= 0.3 is 0 Å². The van der Waals surface area contributed by atoms with E-state index in [-0.39, 0.29) is 11.5 Å². The summed E-state index contributed by atoms with van der Waals surface area (Å²) in [5.41, 5.74) is 0.0846. The fraction of sp³-hybridized carbons (Fsp3) is 0.417. The van der Waals surface area contributed by atoms with E-state index in [0.29, 0.717) is 11.0 Å². The Morgan fingerprint density at radius 2 is 2.12 bits per heavy atom. The van der Waals surface area contributed by atoms with Crippen LogP contribution in [0.4, 0.5) is 4.39 Å². The summed E-state index contributed by atoms with van der Waals surface area (Å²) < 4.78 is 15.1. The Morgan fingerprint density at radius 3 is 2.76 bits per heavy atom. The van der Waals surface area contributed by atoms with E-state index in [9.17, 15) is 9.18 Å². The lowest BCUT2D eigenvalue weighted by Gasteiger charge is -2.07. The summed E-state index contributed by atoms with van der Waals surface area (Å²) in [4.78, 5) is 11.7. The molecule has 1 aromatic carbocycles. The first-order valence-corrected chi connectivity index (χ1v) is 7.77. The van der Waals surface area contributed by atoms with Gasteiger partial charge in [0.1, 0.15) is 5.82 Å². The number of carbonyl (C=O) groups excluding carboxylic acids is 1. The minimum Gasteiger partial charge on any atom is -0.352 e. The van der Waals surface area contributed by atoms with Crippen LogP contribution in [-0.4, -0.2) is 16.9 Å². The van der Waals surface area contributed by atoms with Crippen molar-refractivity contribution < 1.29 is 9.18 Å². The molecule has 0 atom stereocenters. The van der Waals surface area contributed by atoms with Gasteiger partial charge in [-0.05, 0) is 45.3 Å². The van der Waals surface area contributed by atoms with Crippen LogP contribution in [0.1, 0.15) is 29.6 Å². The predicted molar refractivity (Wildman–Crippen MR) is 79.2 cm³/mol. The zero-order chi connectivity index (χ0) is 12.7. The van der Waals surface area contributed by atoms with E-state index in [4.69, 9.17) is 0 Å². The quantitative estimate of drug-likeness (QED) is 0.427. The van der Waals surface area contributed by atoms with Crippen LogP contribution in [0.25, 0.3) is 0 Å². The van der Waals surface area contributed by atoms with Gasteiger partial charge in [0, 0.05) is 11.0 Å². The van der Waals surface area contributed by atoms with Gasteiger partial charge in [-0.15, -0.1) is 0 Å². The first kappa shape index (κ1) is 14.9. The first-order chi connectivity index (χ1) is 8.16. The van der Waals surface area contributed by atoms with Crippen molar-refractivity contribution in [2.45, 2.75) is 19.3 Å². The summed E-state index contributed by atoms with van der Waals surface area (Å²) >= 11 is 5.51. The van der Waals surface area contributed by atoms with Crippen molar-refractivity contribution >= 4 is 44.4 Å². The van der Waals surface area contributed by atoms with Crippen molar-refractivity contribution in [1.29, 1.82) is 0 Å². The molecule has 5 heteroatoms. The number of hydrogen-bond donors (Lipinski definition) is 1. The van der Waals surface area contributed by atoms with Gasteiger partial charge < -0.3 is 5.32 Å². The molecule has 0 spiro atoms. The predicted octanol–water partition coefficient (Wildman–Crippen LogP) is 3.92. The van der Waals surface area contributed by atoms with Gasteiger partial charge in [-0.1, -0.05) is 35.1 Å². The zero-order valence-corrected chi connectivity index (χ0v) is 13.1. The molecule has 0 saturated heterocycles. The molecule has 0 aliphatic carbocycles. The molecule has 1 N–H and O–H groups in total. The number of nitrogens with one attached hydrogen (secondary N) is 1. The average Bonchev–Trinajstić information content (AvgIpc) is 2.28. The molecule has 0 aliphatic rings. The maximum Gasteiger partial charge on any atom is 0.255 e. The van der Waals surface area contributed by atoms with Crippen LogP contribution in [0.2, 0.25) is 0 Å². The molecule has 94 valence electrons. The molecular weight excluding hydrogens is 400 g/mol. The Hall–Kier alpha value is -0.170. The van der Waals surface area contributed by atoms with E-state index in [1.807, 2.05) is 0 Å². The molecule has 0 bridgehead atoms. The van der Waals surface area contributed by atoms with Crippen LogP contribution < -0.4 is 5.32 Å². The fourth-order valence-electron chi connectivity index (χ4n) is 1.40. The second-order valence-electron chi connectivity index (χ2n) is 3.60. The van der Waals surface area contributed by atoms with E-state index in [1.165, 1.54) is 6.07 Å². The van der Waals surface area contributed by atoms with Gasteiger partial charge in [0.2, 0.25) is 0 Å². The van der Waals surface area contributed by atoms with Crippen LogP contribution in [0.3, 0.4) is 0 Å². The monoisotopic (exact) mass is 413 g/mol. The molecule has 0 fully saturated rings. The van der Waals surface area contributed by atoms with E-state index in [0.717, 1.165) is 23.7 Å². The van der Waals surface area contributed by atoms with Crippen molar-refractivity contribution in [3.8, 4) is 0 Å². The van der Waals surface area contributed by atoms with Crippen LogP contribution in [0.15, 0.2) is 22.7 Å². The van der Waals surface area contributed by atoms with Gasteiger partial charge in [0.15, 0.2) is 0 Å². The molecule has 0 aromatic heterocycles. The number of hydrogen-bond acceptors (Lipinski definition) is 1. The highest BCUT2D eigenvalue weighted by molar-refractivity contribution is 14.1. The van der Waals surface area contributed by atoms with Crippen molar-refractivity contribution in [1.82, 2.24) is 5.32 Å². The molecule has 0 unspecified atom stereocenters. The van der Waals surface area contributed by atoms with Crippen molar-refractivity contribution in [3.63, 3.8) is 0 Å². The second-order valence-corrected chi connectivity index (χ2v) is 5.54. The highest BCUT2D eigenvalue weighted by Crippen LogP contribution is 2.19. The zero-order valence-electron chi connectivity index (χ0n) is 9.31. The van der Waals surface area contributed by atoms with Crippen molar-refractivity contribution in [2.24, 2.45) is 0 Å². The molecule has 0 heterocycles. The second kappa shape index (κ2) is 8.02. The number of halogens is 3. The Balaban J connectivity index is 2.47. The Labute approximate surface area is 123 Å². The number of amides is 1. The first-order valence-electron chi connectivity index (χ1n) is 5.45. The van der Waals surface area contributed by atoms with E-state index in [1.54, 1.807) is 12.1 Å². The third kappa shape index (κ3) is 4.91. The number of benzene rings is 1. The number of rotatable bonds is 6. The summed E-state index contributed by atoms with van der Waals surface area (Å²) in [5.74, 6) is -0.853. The molecule has 0 aliphatic heterocycles. The third-order valence-corrected chi connectivity index (χ3v) is 3.71. The minimum absolute atomic E-state index is 0.0846. The largest absolute Gasteiger partial charge is 0.352 e. The summed E-state index contributed by atoms with van der Waals surface area (Å²) in [7, 11) is 0. The topological polar surface area (TPSA) is 29.1 Å². The molecular formula is C12H14BrFINO. The van der Waals surface area contributed by atoms with Crippen LogP contribution >= 0.6 is 38.5 Å².